The molecule has 0 atom stereocenters. The molecule has 1 aromatic carbocycles. The predicted molar refractivity (Wildman–Crippen MR) is 70.0 cm³/mol. The van der Waals surface area contributed by atoms with Gasteiger partial charge >= 0.3 is 0 Å². The summed E-state index contributed by atoms with van der Waals surface area (Å²) >= 11 is 0. The number of rotatable bonds is 2. The van der Waals surface area contributed by atoms with Gasteiger partial charge in [0.15, 0.2) is 0 Å². The van der Waals surface area contributed by atoms with Gasteiger partial charge in [-0.3, -0.25) is 9.59 Å². The second-order valence-electron chi connectivity index (χ2n) is 4.63. The van der Waals surface area contributed by atoms with Gasteiger partial charge in [-0.15, -0.1) is 0 Å². The Bertz CT molecular complexity index is 674. The quantitative estimate of drug-likeness (QED) is 0.665. The van der Waals surface area contributed by atoms with Gasteiger partial charge in [-0.2, -0.15) is 0 Å². The Morgan fingerprint density at radius 1 is 1.25 bits per heavy atom. The Kier molecular flexibility index (Phi) is 3.23. The number of morpholine rings is 1. The Labute approximate surface area is 114 Å². The molecule has 2 aromatic rings. The number of nitrogens with one attached hydrogen (secondary N) is 1. The maximum absolute atomic E-state index is 13.3. The fourth-order valence-electron chi connectivity index (χ4n) is 2.31. The van der Waals surface area contributed by atoms with Crippen LogP contribution in [0.2, 0.25) is 0 Å². The zero-order chi connectivity index (χ0) is 14.1. The first-order chi connectivity index (χ1) is 9.66. The zero-order valence-electron chi connectivity index (χ0n) is 10.7. The topological polar surface area (TPSA) is 62.4 Å². The molecular formula is C14H13FN2O3. The number of nitrogens with zero attached hydrogens (tertiary/aromatic N) is 1. The lowest BCUT2D eigenvalue weighted by molar-refractivity contribution is -0.130. The summed E-state index contributed by atoms with van der Waals surface area (Å²) in [4.78, 5) is 28.7. The second-order valence-corrected chi connectivity index (χ2v) is 4.63. The van der Waals surface area contributed by atoms with E-state index >= 15 is 0 Å². The van der Waals surface area contributed by atoms with E-state index in [1.807, 2.05) is 0 Å². The first-order valence-electron chi connectivity index (χ1n) is 6.35. The molecule has 5 nitrogen and oxygen atoms in total. The summed E-state index contributed by atoms with van der Waals surface area (Å²) in [6.07, 6.45) is 1.45. The average molecular weight is 276 g/mol. The molecule has 0 bridgehead atoms. The van der Waals surface area contributed by atoms with Crippen LogP contribution in [0.4, 0.5) is 4.39 Å². The third kappa shape index (κ3) is 2.18. The Morgan fingerprint density at radius 2 is 2.00 bits per heavy atom. The van der Waals surface area contributed by atoms with Gasteiger partial charge in [0.25, 0.3) is 11.7 Å². The number of aromatic nitrogens is 1. The van der Waals surface area contributed by atoms with Gasteiger partial charge in [-0.05, 0) is 18.2 Å². The van der Waals surface area contributed by atoms with Crippen LogP contribution in [-0.4, -0.2) is 47.9 Å². The number of hydrogen-bond donors (Lipinski definition) is 1. The number of carbonyl (C=O) groups excluding carboxylic acids is 2. The third-order valence-corrected chi connectivity index (χ3v) is 3.38. The van der Waals surface area contributed by atoms with E-state index in [0.717, 1.165) is 0 Å². The number of ketones is 1. The average Bonchev–Trinajstić information content (AvgIpc) is 2.89. The predicted octanol–water partition coefficient (Wildman–Crippen LogP) is 1.35. The lowest BCUT2D eigenvalue weighted by Crippen LogP contribution is -2.44. The van der Waals surface area contributed by atoms with E-state index in [2.05, 4.69) is 4.98 Å². The van der Waals surface area contributed by atoms with Crippen molar-refractivity contribution in [1.29, 1.82) is 0 Å². The summed E-state index contributed by atoms with van der Waals surface area (Å²) in [6.45, 7) is 1.67. The van der Waals surface area contributed by atoms with Crippen molar-refractivity contribution in [2.75, 3.05) is 26.3 Å². The fourth-order valence-corrected chi connectivity index (χ4v) is 2.31. The molecule has 104 valence electrons. The molecule has 0 unspecified atom stereocenters. The van der Waals surface area contributed by atoms with Crippen LogP contribution in [0.5, 0.6) is 0 Å². The number of carbonyl (C=O) groups is 2. The van der Waals surface area contributed by atoms with Crippen molar-refractivity contribution >= 4 is 22.6 Å². The minimum atomic E-state index is -0.622. The zero-order valence-corrected chi connectivity index (χ0v) is 10.7. The van der Waals surface area contributed by atoms with Gasteiger partial charge in [0, 0.05) is 30.2 Å². The van der Waals surface area contributed by atoms with Gasteiger partial charge < -0.3 is 14.6 Å². The van der Waals surface area contributed by atoms with Crippen LogP contribution < -0.4 is 0 Å². The summed E-state index contributed by atoms with van der Waals surface area (Å²) < 4.78 is 18.4. The monoisotopic (exact) mass is 276 g/mol. The molecule has 0 saturated carbocycles. The van der Waals surface area contributed by atoms with Crippen LogP contribution in [0.3, 0.4) is 0 Å². The van der Waals surface area contributed by atoms with Gasteiger partial charge in [0.05, 0.1) is 18.8 Å². The van der Waals surface area contributed by atoms with Crippen molar-refractivity contribution in [1.82, 2.24) is 9.88 Å². The highest BCUT2D eigenvalue weighted by molar-refractivity contribution is 6.44. The highest BCUT2D eigenvalue weighted by Crippen LogP contribution is 2.20. The smallest absolute Gasteiger partial charge is 0.295 e. The van der Waals surface area contributed by atoms with Crippen molar-refractivity contribution < 1.29 is 18.7 Å². The van der Waals surface area contributed by atoms with Gasteiger partial charge in [-0.25, -0.2) is 4.39 Å². The summed E-state index contributed by atoms with van der Waals surface area (Å²) in [5.41, 5.74) is 0.834. The maximum atomic E-state index is 13.3. The maximum Gasteiger partial charge on any atom is 0.295 e. The van der Waals surface area contributed by atoms with E-state index in [0.29, 0.717) is 37.2 Å². The minimum Gasteiger partial charge on any atom is -0.378 e. The Balaban J connectivity index is 1.91. The number of amides is 1. The van der Waals surface area contributed by atoms with Gasteiger partial charge in [0.1, 0.15) is 5.82 Å². The van der Waals surface area contributed by atoms with Crippen LogP contribution in [0.25, 0.3) is 10.9 Å². The van der Waals surface area contributed by atoms with Crippen molar-refractivity contribution in [3.05, 3.63) is 35.8 Å². The molecule has 0 radical (unpaired) electrons. The van der Waals surface area contributed by atoms with Crippen molar-refractivity contribution in [2.24, 2.45) is 0 Å². The third-order valence-electron chi connectivity index (χ3n) is 3.38. The summed E-state index contributed by atoms with van der Waals surface area (Å²) in [5, 5.41) is 0.427. The fraction of sp³-hybridized carbons (Fsp3) is 0.286. The van der Waals surface area contributed by atoms with Crippen LogP contribution in [-0.2, 0) is 9.53 Å². The molecule has 1 aliphatic rings. The van der Waals surface area contributed by atoms with E-state index in [9.17, 15) is 14.0 Å². The lowest BCUT2D eigenvalue weighted by atomic mass is 10.1. The molecule has 1 fully saturated rings. The number of Topliss-reactive ketones (excluding diaryl/α,β-unsaturated/α-hetero) is 1. The molecule has 3 rings (SSSR count). The van der Waals surface area contributed by atoms with Gasteiger partial charge in [0.2, 0.25) is 0 Å². The van der Waals surface area contributed by atoms with E-state index in [1.54, 1.807) is 6.07 Å². The normalized spacial score (nSPS) is 15.6. The van der Waals surface area contributed by atoms with Gasteiger partial charge in [-0.1, -0.05) is 0 Å². The standard InChI is InChI=1S/C14H13FN2O3/c15-9-1-2-12-10(7-9)11(8-16-12)13(18)14(19)17-3-5-20-6-4-17/h1-2,7-8,16H,3-6H2. The molecule has 1 amide bonds. The summed E-state index contributed by atoms with van der Waals surface area (Å²) in [6, 6.07) is 4.10. The number of aromatic amines is 1. The van der Waals surface area contributed by atoms with Crippen LogP contribution >= 0.6 is 0 Å². The molecule has 20 heavy (non-hydrogen) atoms. The number of H-pyrrole nitrogens is 1. The molecule has 1 saturated heterocycles. The van der Waals surface area contributed by atoms with E-state index in [4.69, 9.17) is 4.74 Å². The first-order valence-corrected chi connectivity index (χ1v) is 6.35. The summed E-state index contributed by atoms with van der Waals surface area (Å²) in [5.74, 6) is -1.63. The first kappa shape index (κ1) is 12.8. The highest BCUT2D eigenvalue weighted by Gasteiger charge is 2.26. The number of benzene rings is 1. The number of hydrogen-bond acceptors (Lipinski definition) is 3. The molecule has 6 heteroatoms. The number of fused-ring (bicyclic) bond motifs is 1. The van der Waals surface area contributed by atoms with E-state index in [-0.39, 0.29) is 5.56 Å². The van der Waals surface area contributed by atoms with E-state index < -0.39 is 17.5 Å². The largest absolute Gasteiger partial charge is 0.378 e. The highest BCUT2D eigenvalue weighted by atomic mass is 19.1. The Morgan fingerprint density at radius 3 is 2.75 bits per heavy atom. The second kappa shape index (κ2) is 5.05. The number of ether oxygens (including phenoxy) is 1. The lowest BCUT2D eigenvalue weighted by Gasteiger charge is -2.25. The van der Waals surface area contributed by atoms with Crippen LogP contribution in [0.15, 0.2) is 24.4 Å². The van der Waals surface area contributed by atoms with Crippen molar-refractivity contribution in [3.8, 4) is 0 Å². The molecular weight excluding hydrogens is 263 g/mol. The SMILES string of the molecule is O=C(C(=O)N1CCOCC1)c1c[nH]c2ccc(F)cc12. The molecule has 0 spiro atoms. The molecule has 0 aliphatic carbocycles. The Hall–Kier alpha value is -2.21. The van der Waals surface area contributed by atoms with Crippen LogP contribution in [0, 0.1) is 5.82 Å². The van der Waals surface area contributed by atoms with Crippen molar-refractivity contribution in [3.63, 3.8) is 0 Å². The number of halogens is 1. The van der Waals surface area contributed by atoms with E-state index in [1.165, 1.54) is 23.2 Å². The summed E-state index contributed by atoms with van der Waals surface area (Å²) in [7, 11) is 0. The molecule has 2 heterocycles. The van der Waals surface area contributed by atoms with Crippen LogP contribution in [0.1, 0.15) is 10.4 Å². The minimum absolute atomic E-state index is 0.205. The molecule has 1 aromatic heterocycles. The van der Waals surface area contributed by atoms with Crippen molar-refractivity contribution in [2.45, 2.75) is 0 Å². The molecule has 1 N–H and O–H groups in total. The molecule has 1 aliphatic heterocycles.